The molecule has 3 rings (SSSR count). The molecule has 0 saturated carbocycles. The van der Waals surface area contributed by atoms with Gasteiger partial charge in [-0.15, -0.1) is 0 Å². The molecular formula is C19H26N6O2. The Balaban J connectivity index is 2.10. The zero-order valence-corrected chi connectivity index (χ0v) is 16.0. The third-order valence-corrected chi connectivity index (χ3v) is 4.64. The average molecular weight is 370 g/mol. The fourth-order valence-electron chi connectivity index (χ4n) is 3.19. The highest BCUT2D eigenvalue weighted by molar-refractivity contribution is 6.06. The lowest BCUT2D eigenvalue weighted by atomic mass is 10.1. The largest absolute Gasteiger partial charge is 0.351 e. The smallest absolute Gasteiger partial charge is 0.262 e. The number of hydrogen-bond acceptors (Lipinski definition) is 5. The van der Waals surface area contributed by atoms with Gasteiger partial charge in [0.15, 0.2) is 0 Å². The van der Waals surface area contributed by atoms with Crippen LogP contribution in [-0.4, -0.2) is 59.3 Å². The van der Waals surface area contributed by atoms with Gasteiger partial charge in [-0.2, -0.15) is 5.10 Å². The molecule has 0 saturated heterocycles. The van der Waals surface area contributed by atoms with Crippen LogP contribution < -0.4 is 16.6 Å². The number of H-pyrrole nitrogens is 1. The summed E-state index contributed by atoms with van der Waals surface area (Å²) < 4.78 is 1.70. The average Bonchev–Trinajstić information content (AvgIpc) is 3.03. The first-order chi connectivity index (χ1) is 12.9. The Labute approximate surface area is 157 Å². The highest BCUT2D eigenvalue weighted by Crippen LogP contribution is 2.24. The zero-order valence-electron chi connectivity index (χ0n) is 16.0. The van der Waals surface area contributed by atoms with Crippen LogP contribution in [0.5, 0.6) is 0 Å². The first-order valence-corrected chi connectivity index (χ1v) is 9.08. The summed E-state index contributed by atoms with van der Waals surface area (Å²) in [6.45, 7) is 4.14. The van der Waals surface area contributed by atoms with Crippen molar-refractivity contribution < 1.29 is 4.79 Å². The molecule has 0 unspecified atom stereocenters. The SMILES string of the molecule is Cc1[nH]nc2c1c(=O)n(CCCN)c1cc(C(=O)NCCN(C)C)ccc21. The summed E-state index contributed by atoms with van der Waals surface area (Å²) in [5.41, 5.74) is 8.14. The van der Waals surface area contributed by atoms with Crippen LogP contribution in [0, 0.1) is 6.92 Å². The van der Waals surface area contributed by atoms with Crippen LogP contribution in [0.3, 0.4) is 0 Å². The molecular weight excluding hydrogens is 344 g/mol. The van der Waals surface area contributed by atoms with E-state index in [2.05, 4.69) is 15.5 Å². The quantitative estimate of drug-likeness (QED) is 0.571. The topological polar surface area (TPSA) is 109 Å². The summed E-state index contributed by atoms with van der Waals surface area (Å²) in [5.74, 6) is -0.158. The van der Waals surface area contributed by atoms with Crippen molar-refractivity contribution in [1.29, 1.82) is 0 Å². The van der Waals surface area contributed by atoms with Gasteiger partial charge in [-0.25, -0.2) is 0 Å². The number of aromatic amines is 1. The van der Waals surface area contributed by atoms with Crippen molar-refractivity contribution in [2.24, 2.45) is 5.73 Å². The molecule has 0 spiro atoms. The highest BCUT2D eigenvalue weighted by atomic mass is 16.1. The minimum atomic E-state index is -0.158. The number of rotatable bonds is 7. The summed E-state index contributed by atoms with van der Waals surface area (Å²) in [7, 11) is 3.91. The third kappa shape index (κ3) is 3.72. The molecule has 0 aliphatic carbocycles. The van der Waals surface area contributed by atoms with Crippen LogP contribution in [0.2, 0.25) is 0 Å². The molecule has 0 fully saturated rings. The van der Waals surface area contributed by atoms with Crippen LogP contribution >= 0.6 is 0 Å². The molecule has 27 heavy (non-hydrogen) atoms. The van der Waals surface area contributed by atoms with Crippen LogP contribution in [0.15, 0.2) is 23.0 Å². The van der Waals surface area contributed by atoms with E-state index in [1.54, 1.807) is 16.7 Å². The molecule has 144 valence electrons. The third-order valence-electron chi connectivity index (χ3n) is 4.64. The predicted molar refractivity (Wildman–Crippen MR) is 107 cm³/mol. The highest BCUT2D eigenvalue weighted by Gasteiger charge is 2.17. The molecule has 8 nitrogen and oxygen atoms in total. The van der Waals surface area contributed by atoms with Gasteiger partial charge < -0.3 is 20.5 Å². The number of nitrogens with one attached hydrogen (secondary N) is 2. The molecule has 2 aromatic heterocycles. The number of aryl methyl sites for hydroxylation is 2. The van der Waals surface area contributed by atoms with Crippen LogP contribution in [-0.2, 0) is 6.54 Å². The second kappa shape index (κ2) is 7.89. The number of carbonyl (C=O) groups is 1. The van der Waals surface area contributed by atoms with E-state index < -0.39 is 0 Å². The second-order valence-electron chi connectivity index (χ2n) is 6.96. The van der Waals surface area contributed by atoms with Crippen molar-refractivity contribution in [3.63, 3.8) is 0 Å². The van der Waals surface area contributed by atoms with Gasteiger partial charge in [-0.05, 0) is 52.2 Å². The van der Waals surface area contributed by atoms with Crippen LogP contribution in [0.4, 0.5) is 0 Å². The molecule has 3 aromatic rings. The number of carbonyl (C=O) groups excluding carboxylic acids is 1. The second-order valence-corrected chi connectivity index (χ2v) is 6.96. The number of nitrogens with zero attached hydrogens (tertiary/aromatic N) is 3. The van der Waals surface area contributed by atoms with Crippen molar-refractivity contribution in [2.45, 2.75) is 19.9 Å². The summed E-state index contributed by atoms with van der Waals surface area (Å²) in [5, 5.41) is 11.5. The van der Waals surface area contributed by atoms with Crippen molar-refractivity contribution >= 4 is 27.7 Å². The summed E-state index contributed by atoms with van der Waals surface area (Å²) in [4.78, 5) is 27.5. The Morgan fingerprint density at radius 2 is 2.15 bits per heavy atom. The van der Waals surface area contributed by atoms with Gasteiger partial charge in [0.2, 0.25) is 0 Å². The fourth-order valence-corrected chi connectivity index (χ4v) is 3.19. The number of nitrogens with two attached hydrogens (primary N) is 1. The normalized spacial score (nSPS) is 11.6. The van der Waals surface area contributed by atoms with E-state index in [9.17, 15) is 9.59 Å². The number of aromatic nitrogens is 3. The Bertz CT molecular complexity index is 1030. The number of hydrogen-bond donors (Lipinski definition) is 3. The molecule has 0 aliphatic heterocycles. The van der Waals surface area contributed by atoms with E-state index in [1.807, 2.05) is 32.0 Å². The molecule has 8 heteroatoms. The lowest BCUT2D eigenvalue weighted by Gasteiger charge is -2.13. The van der Waals surface area contributed by atoms with Gasteiger partial charge in [0, 0.05) is 36.3 Å². The number of likely N-dealkylation sites (N-methyl/N-ethyl adjacent to an activating group) is 1. The molecule has 0 bridgehead atoms. The first kappa shape index (κ1) is 19.1. The zero-order chi connectivity index (χ0) is 19.6. The maximum Gasteiger partial charge on any atom is 0.262 e. The number of fused-ring (bicyclic) bond motifs is 3. The Hall–Kier alpha value is -2.71. The molecule has 0 aliphatic rings. The van der Waals surface area contributed by atoms with Crippen LogP contribution in [0.1, 0.15) is 22.5 Å². The molecule has 1 aromatic carbocycles. The van der Waals surface area contributed by atoms with Gasteiger partial charge in [-0.1, -0.05) is 0 Å². The fraction of sp³-hybridized carbons (Fsp3) is 0.421. The Morgan fingerprint density at radius 1 is 1.37 bits per heavy atom. The lowest BCUT2D eigenvalue weighted by Crippen LogP contribution is -2.31. The van der Waals surface area contributed by atoms with Crippen molar-refractivity contribution in [3.8, 4) is 0 Å². The Morgan fingerprint density at radius 3 is 2.85 bits per heavy atom. The molecule has 2 heterocycles. The van der Waals surface area contributed by atoms with E-state index in [-0.39, 0.29) is 11.5 Å². The van der Waals surface area contributed by atoms with Crippen molar-refractivity contribution in [3.05, 3.63) is 39.8 Å². The van der Waals surface area contributed by atoms with E-state index in [4.69, 9.17) is 5.73 Å². The molecule has 4 N–H and O–H groups in total. The van der Waals surface area contributed by atoms with E-state index >= 15 is 0 Å². The minimum absolute atomic E-state index is 0.109. The number of benzene rings is 1. The number of pyridine rings is 1. The molecule has 1 amide bonds. The van der Waals surface area contributed by atoms with Crippen molar-refractivity contribution in [2.75, 3.05) is 33.7 Å². The van der Waals surface area contributed by atoms with Gasteiger partial charge in [0.05, 0.1) is 10.9 Å². The van der Waals surface area contributed by atoms with Gasteiger partial charge in [0.1, 0.15) is 5.52 Å². The standard InChI is InChI=1S/C19H26N6O2/c1-12-16-17(23-22-12)14-6-5-13(18(26)21-8-10-24(2)3)11-15(14)25(19(16)27)9-4-7-20/h5-6,11H,4,7-10,20H2,1-3H3,(H,21,26)(H,22,23). The maximum absolute atomic E-state index is 13.0. The lowest BCUT2D eigenvalue weighted by molar-refractivity contribution is 0.0951. The maximum atomic E-state index is 13.0. The summed E-state index contributed by atoms with van der Waals surface area (Å²) in [6, 6.07) is 5.40. The number of amides is 1. The van der Waals surface area contributed by atoms with Gasteiger partial charge >= 0.3 is 0 Å². The van der Waals surface area contributed by atoms with Crippen LogP contribution in [0.25, 0.3) is 21.8 Å². The predicted octanol–water partition coefficient (Wildman–Crippen LogP) is 0.826. The Kier molecular flexibility index (Phi) is 5.57. The summed E-state index contributed by atoms with van der Waals surface area (Å²) >= 11 is 0. The van der Waals surface area contributed by atoms with E-state index in [0.717, 1.165) is 17.6 Å². The summed E-state index contributed by atoms with van der Waals surface area (Å²) in [6.07, 6.45) is 0.677. The minimum Gasteiger partial charge on any atom is -0.351 e. The molecule has 0 radical (unpaired) electrons. The van der Waals surface area contributed by atoms with Gasteiger partial charge in [0.25, 0.3) is 11.5 Å². The van der Waals surface area contributed by atoms with Gasteiger partial charge in [-0.3, -0.25) is 14.7 Å². The van der Waals surface area contributed by atoms with E-state index in [0.29, 0.717) is 48.0 Å². The monoisotopic (exact) mass is 370 g/mol. The van der Waals surface area contributed by atoms with E-state index in [1.165, 1.54) is 0 Å². The first-order valence-electron chi connectivity index (χ1n) is 9.08. The van der Waals surface area contributed by atoms with Crippen molar-refractivity contribution in [1.82, 2.24) is 25.0 Å². The molecule has 0 atom stereocenters.